The molecule has 0 aromatic heterocycles. The molecule has 0 amide bonds. The number of carbonyl (C=O) groups is 1. The first-order chi connectivity index (χ1) is 6.24. The number of Topliss-reactive ketones (excluding diaryl/α,β-unsaturated/α-hetero) is 1. The second-order valence-corrected chi connectivity index (χ2v) is 3.30. The van der Waals surface area contributed by atoms with Crippen LogP contribution in [0.1, 0.15) is 0 Å². The van der Waals surface area contributed by atoms with Crippen LogP contribution in [0.15, 0.2) is 29.2 Å². The number of terminal acetylenes is 1. The summed E-state index contributed by atoms with van der Waals surface area (Å²) in [5.74, 6) is 1.45. The summed E-state index contributed by atoms with van der Waals surface area (Å²) in [7, 11) is 0. The van der Waals surface area contributed by atoms with E-state index in [9.17, 15) is 9.18 Å². The zero-order valence-electron chi connectivity index (χ0n) is 6.79. The zero-order valence-corrected chi connectivity index (χ0v) is 7.60. The van der Waals surface area contributed by atoms with Crippen LogP contribution in [0.4, 0.5) is 4.39 Å². The van der Waals surface area contributed by atoms with Gasteiger partial charge in [0, 0.05) is 4.90 Å². The molecule has 0 radical (unpaired) electrons. The molecule has 0 aliphatic rings. The molecule has 1 aromatic rings. The second kappa shape index (κ2) is 4.68. The summed E-state index contributed by atoms with van der Waals surface area (Å²) in [6.45, 7) is 0. The maximum absolute atomic E-state index is 13.0. The lowest BCUT2D eigenvalue weighted by Gasteiger charge is -1.98. The van der Waals surface area contributed by atoms with Gasteiger partial charge in [-0.1, -0.05) is 12.1 Å². The lowest BCUT2D eigenvalue weighted by atomic mass is 10.3. The Morgan fingerprint density at radius 1 is 1.54 bits per heavy atom. The summed E-state index contributed by atoms with van der Waals surface area (Å²) >= 11 is 1.11. The molecule has 3 heteroatoms. The number of hydrogen-bond donors (Lipinski definition) is 0. The highest BCUT2D eigenvalue weighted by atomic mass is 32.2. The van der Waals surface area contributed by atoms with Crippen LogP contribution in [0.2, 0.25) is 0 Å². The summed E-state index contributed by atoms with van der Waals surface area (Å²) in [5.41, 5.74) is 0. The highest BCUT2D eigenvalue weighted by Gasteiger charge is 2.03. The molecule has 0 fully saturated rings. The van der Waals surface area contributed by atoms with E-state index < -0.39 is 0 Å². The third-order valence-corrected chi connectivity index (χ3v) is 2.41. The average molecular weight is 194 g/mol. The first kappa shape index (κ1) is 9.82. The standard InChI is InChI=1S/C10H7FOS/c1-2-8(12)7-13-10-6-4-3-5-9(10)11/h1,3-6H,7H2. The fourth-order valence-corrected chi connectivity index (χ4v) is 1.50. The minimum atomic E-state index is -0.326. The fraction of sp³-hybridized carbons (Fsp3) is 0.100. The molecule has 1 nitrogen and oxygen atoms in total. The first-order valence-electron chi connectivity index (χ1n) is 3.61. The van der Waals surface area contributed by atoms with E-state index in [0.717, 1.165) is 11.8 Å². The fourth-order valence-electron chi connectivity index (χ4n) is 0.747. The number of rotatable bonds is 3. The highest BCUT2D eigenvalue weighted by Crippen LogP contribution is 2.20. The van der Waals surface area contributed by atoms with Crippen molar-refractivity contribution in [3.63, 3.8) is 0 Å². The van der Waals surface area contributed by atoms with Crippen molar-refractivity contribution in [2.45, 2.75) is 4.90 Å². The van der Waals surface area contributed by atoms with E-state index in [1.165, 1.54) is 6.07 Å². The molecule has 0 bridgehead atoms. The van der Waals surface area contributed by atoms with Crippen LogP contribution in [-0.4, -0.2) is 11.5 Å². The number of benzene rings is 1. The van der Waals surface area contributed by atoms with Gasteiger partial charge in [-0.2, -0.15) is 0 Å². The van der Waals surface area contributed by atoms with E-state index in [4.69, 9.17) is 6.42 Å². The third kappa shape index (κ3) is 2.92. The van der Waals surface area contributed by atoms with Crippen molar-refractivity contribution < 1.29 is 9.18 Å². The van der Waals surface area contributed by atoms with Crippen LogP contribution < -0.4 is 0 Å². The van der Waals surface area contributed by atoms with E-state index in [1.54, 1.807) is 18.2 Å². The molecule has 0 heterocycles. The van der Waals surface area contributed by atoms with E-state index in [-0.39, 0.29) is 17.4 Å². The molecule has 0 N–H and O–H groups in total. The first-order valence-corrected chi connectivity index (χ1v) is 4.59. The van der Waals surface area contributed by atoms with Crippen LogP contribution in [0.5, 0.6) is 0 Å². The Morgan fingerprint density at radius 3 is 2.85 bits per heavy atom. The largest absolute Gasteiger partial charge is 0.284 e. The van der Waals surface area contributed by atoms with Crippen molar-refractivity contribution in [1.29, 1.82) is 0 Å². The van der Waals surface area contributed by atoms with E-state index in [1.807, 2.05) is 5.92 Å². The van der Waals surface area contributed by atoms with Crippen molar-refractivity contribution in [3.05, 3.63) is 30.1 Å². The number of thioether (sulfide) groups is 1. The molecule has 13 heavy (non-hydrogen) atoms. The lowest BCUT2D eigenvalue weighted by molar-refractivity contribution is -0.111. The van der Waals surface area contributed by atoms with Crippen LogP contribution in [-0.2, 0) is 4.79 Å². The SMILES string of the molecule is C#CC(=O)CSc1ccccc1F. The predicted molar refractivity (Wildman–Crippen MR) is 51.0 cm³/mol. The van der Waals surface area contributed by atoms with Crippen LogP contribution in [0.25, 0.3) is 0 Å². The summed E-state index contributed by atoms with van der Waals surface area (Å²) < 4.78 is 13.0. The molecular formula is C10H7FOS. The smallest absolute Gasteiger partial charge is 0.215 e. The quantitative estimate of drug-likeness (QED) is 0.416. The highest BCUT2D eigenvalue weighted by molar-refractivity contribution is 8.00. The molecule has 66 valence electrons. The minimum Gasteiger partial charge on any atom is -0.284 e. The summed E-state index contributed by atoms with van der Waals surface area (Å²) in [5, 5.41) is 0. The Balaban J connectivity index is 2.61. The summed E-state index contributed by atoms with van der Waals surface area (Å²) in [4.78, 5) is 11.2. The van der Waals surface area contributed by atoms with Crippen molar-refractivity contribution >= 4 is 17.5 Å². The van der Waals surface area contributed by atoms with Gasteiger partial charge in [-0.25, -0.2) is 4.39 Å². The average Bonchev–Trinajstić information content (AvgIpc) is 2.16. The predicted octanol–water partition coefficient (Wildman–Crippen LogP) is 2.12. The number of carbonyl (C=O) groups excluding carboxylic acids is 1. The molecule has 0 saturated heterocycles. The van der Waals surface area contributed by atoms with E-state index >= 15 is 0 Å². The van der Waals surface area contributed by atoms with Crippen molar-refractivity contribution in [3.8, 4) is 12.3 Å². The zero-order chi connectivity index (χ0) is 9.68. The Morgan fingerprint density at radius 2 is 2.23 bits per heavy atom. The second-order valence-electron chi connectivity index (χ2n) is 2.29. The topological polar surface area (TPSA) is 17.1 Å². The van der Waals surface area contributed by atoms with Gasteiger partial charge in [0.15, 0.2) is 0 Å². The Hall–Kier alpha value is -1.27. The van der Waals surface area contributed by atoms with Gasteiger partial charge in [0.05, 0.1) is 5.75 Å². The van der Waals surface area contributed by atoms with Gasteiger partial charge in [0.25, 0.3) is 0 Å². The van der Waals surface area contributed by atoms with Gasteiger partial charge in [-0.05, 0) is 18.1 Å². The lowest BCUT2D eigenvalue weighted by Crippen LogP contribution is -1.96. The number of hydrogen-bond acceptors (Lipinski definition) is 2. The Labute approximate surface area is 80.3 Å². The van der Waals surface area contributed by atoms with E-state index in [0.29, 0.717) is 4.90 Å². The van der Waals surface area contributed by atoms with Crippen LogP contribution in [0, 0.1) is 18.2 Å². The molecule has 0 spiro atoms. The summed E-state index contributed by atoms with van der Waals surface area (Å²) in [6, 6.07) is 6.28. The minimum absolute atomic E-state index is 0.122. The maximum Gasteiger partial charge on any atom is 0.215 e. The van der Waals surface area contributed by atoms with E-state index in [2.05, 4.69) is 0 Å². The molecule has 1 aromatic carbocycles. The molecule has 0 atom stereocenters. The molecule has 0 aliphatic carbocycles. The maximum atomic E-state index is 13.0. The molecule has 1 rings (SSSR count). The Bertz CT molecular complexity index is 354. The van der Waals surface area contributed by atoms with Gasteiger partial charge in [0.1, 0.15) is 5.82 Å². The third-order valence-electron chi connectivity index (χ3n) is 1.36. The monoisotopic (exact) mass is 194 g/mol. The van der Waals surface area contributed by atoms with Crippen molar-refractivity contribution in [2.75, 3.05) is 5.75 Å². The van der Waals surface area contributed by atoms with Gasteiger partial charge in [-0.3, -0.25) is 4.79 Å². The normalized spacial score (nSPS) is 9.23. The van der Waals surface area contributed by atoms with Crippen LogP contribution >= 0.6 is 11.8 Å². The van der Waals surface area contributed by atoms with Crippen molar-refractivity contribution in [2.24, 2.45) is 0 Å². The van der Waals surface area contributed by atoms with Gasteiger partial charge >= 0.3 is 0 Å². The molecule has 0 unspecified atom stereocenters. The van der Waals surface area contributed by atoms with Crippen LogP contribution in [0.3, 0.4) is 0 Å². The van der Waals surface area contributed by atoms with Gasteiger partial charge in [0.2, 0.25) is 5.78 Å². The molecular weight excluding hydrogens is 187 g/mol. The summed E-state index contributed by atoms with van der Waals surface area (Å²) in [6.07, 6.45) is 4.87. The van der Waals surface area contributed by atoms with Crippen molar-refractivity contribution in [1.82, 2.24) is 0 Å². The molecule has 0 saturated carbocycles. The Kier molecular flexibility index (Phi) is 3.53. The van der Waals surface area contributed by atoms with Gasteiger partial charge in [-0.15, -0.1) is 18.2 Å². The van der Waals surface area contributed by atoms with Gasteiger partial charge < -0.3 is 0 Å². The molecule has 0 aliphatic heterocycles. The number of halogens is 1. The number of ketones is 1.